The number of alkyl halides is 2. The second-order valence-corrected chi connectivity index (χ2v) is 10.8. The summed E-state index contributed by atoms with van der Waals surface area (Å²) in [4.78, 5) is 25.5. The molecule has 8 heteroatoms. The Kier molecular flexibility index (Phi) is 10.2. The van der Waals surface area contributed by atoms with Crippen molar-refractivity contribution in [2.45, 2.75) is 76.4 Å². The molecule has 1 aliphatic heterocycles. The summed E-state index contributed by atoms with van der Waals surface area (Å²) in [6, 6.07) is 12.8. The Morgan fingerprint density at radius 2 is 1.89 bits per heavy atom. The number of carboxylic acids is 1. The maximum atomic E-state index is 14.2. The van der Waals surface area contributed by atoms with Crippen LogP contribution < -0.4 is 0 Å². The van der Waals surface area contributed by atoms with E-state index in [0.29, 0.717) is 12.8 Å². The van der Waals surface area contributed by atoms with Crippen LogP contribution in [0, 0.1) is 5.92 Å². The first kappa shape index (κ1) is 28.0. The van der Waals surface area contributed by atoms with Gasteiger partial charge in [-0.25, -0.2) is 4.79 Å². The van der Waals surface area contributed by atoms with Crippen LogP contribution in [0.4, 0.5) is 8.78 Å². The van der Waals surface area contributed by atoms with Crippen molar-refractivity contribution in [2.75, 3.05) is 6.54 Å². The van der Waals surface area contributed by atoms with Gasteiger partial charge in [0, 0.05) is 17.8 Å². The summed E-state index contributed by atoms with van der Waals surface area (Å²) < 4.78 is 28.3. The van der Waals surface area contributed by atoms with Crippen molar-refractivity contribution in [1.29, 1.82) is 0 Å². The van der Waals surface area contributed by atoms with Gasteiger partial charge in [0.25, 0.3) is 5.91 Å². The highest BCUT2D eigenvalue weighted by molar-refractivity contribution is 7.13. The van der Waals surface area contributed by atoms with Crippen LogP contribution in [-0.2, 0) is 17.6 Å². The molecule has 196 valence electrons. The second-order valence-electron chi connectivity index (χ2n) is 9.59. The smallest absolute Gasteiger partial charge is 0.345 e. The van der Waals surface area contributed by atoms with Crippen LogP contribution >= 0.6 is 11.3 Å². The van der Waals surface area contributed by atoms with Gasteiger partial charge in [0.2, 0.25) is 0 Å². The molecule has 36 heavy (non-hydrogen) atoms. The Hall–Kier alpha value is -2.58. The molecule has 0 bridgehead atoms. The number of carbonyl (C=O) groups excluding carboxylic acids is 1. The minimum absolute atomic E-state index is 0.00806. The number of halogens is 2. The molecule has 1 aromatic heterocycles. The average Bonchev–Trinajstić information content (AvgIpc) is 3.41. The number of rotatable bonds is 14. The Balaban J connectivity index is 1.44. The highest BCUT2D eigenvalue weighted by atomic mass is 32.1. The predicted octanol–water partition coefficient (Wildman–Crippen LogP) is 5.97. The van der Waals surface area contributed by atoms with Gasteiger partial charge in [-0.1, -0.05) is 62.2 Å². The molecule has 5 nitrogen and oxygen atoms in total. The number of hydrogen-bond donors (Lipinski definition) is 2. The van der Waals surface area contributed by atoms with E-state index < -0.39 is 36.4 Å². The number of amides is 1. The SMILES string of the molecule is CC(CCCCCc1ccccc1)[C@H](O)/C=C/C1CC(F)(F)C(=O)N1CCCc1ccc(C(=O)O)s1. The molecule has 1 fully saturated rings. The van der Waals surface area contributed by atoms with Crippen LogP contribution in [0.1, 0.15) is 65.6 Å². The number of thiophene rings is 1. The molecular weight excluding hydrogens is 484 g/mol. The van der Waals surface area contributed by atoms with E-state index in [1.54, 1.807) is 18.2 Å². The van der Waals surface area contributed by atoms with Gasteiger partial charge in [0.1, 0.15) is 4.88 Å². The van der Waals surface area contributed by atoms with E-state index in [-0.39, 0.29) is 17.3 Å². The summed E-state index contributed by atoms with van der Waals surface area (Å²) >= 11 is 1.15. The number of aliphatic hydroxyl groups is 1. The van der Waals surface area contributed by atoms with Crippen molar-refractivity contribution in [3.8, 4) is 0 Å². The van der Waals surface area contributed by atoms with E-state index >= 15 is 0 Å². The Bertz CT molecular complexity index is 1020. The molecule has 1 amide bonds. The summed E-state index contributed by atoms with van der Waals surface area (Å²) in [6.07, 6.45) is 7.70. The number of benzene rings is 1. The first-order chi connectivity index (χ1) is 17.2. The standard InChI is InChI=1S/C28H35F2NO4S/c1-20(9-4-2-5-10-21-11-6-3-7-12-21)24(32)16-14-22-19-28(29,30)27(35)31(22)18-8-13-23-15-17-25(36-23)26(33)34/h3,6-7,11-12,14-17,20,22,24,32H,2,4-5,8-10,13,18-19H2,1H3,(H,33,34)/b16-14+/t20?,22?,24-/m1/s1. The fraction of sp³-hybridized carbons (Fsp3) is 0.500. The van der Waals surface area contributed by atoms with Gasteiger partial charge in [0.15, 0.2) is 0 Å². The van der Waals surface area contributed by atoms with Gasteiger partial charge in [0.05, 0.1) is 12.1 Å². The molecule has 0 spiro atoms. The number of likely N-dealkylation sites (tertiary alicyclic amines) is 1. The van der Waals surface area contributed by atoms with E-state index in [9.17, 15) is 23.5 Å². The molecule has 0 aliphatic carbocycles. The number of carbonyl (C=O) groups is 2. The number of unbranched alkanes of at least 4 members (excludes halogenated alkanes) is 2. The Labute approximate surface area is 215 Å². The van der Waals surface area contributed by atoms with Crippen LogP contribution in [0.3, 0.4) is 0 Å². The lowest BCUT2D eigenvalue weighted by atomic mass is 9.95. The largest absolute Gasteiger partial charge is 0.477 e. The number of aliphatic hydroxyl groups excluding tert-OH is 1. The third kappa shape index (κ3) is 7.96. The first-order valence-corrected chi connectivity index (χ1v) is 13.4. The molecule has 0 saturated carbocycles. The van der Waals surface area contributed by atoms with Crippen LogP contribution in [0.5, 0.6) is 0 Å². The van der Waals surface area contributed by atoms with E-state index in [1.807, 2.05) is 25.1 Å². The first-order valence-electron chi connectivity index (χ1n) is 12.6. The van der Waals surface area contributed by atoms with Crippen molar-refractivity contribution >= 4 is 23.2 Å². The number of hydrogen-bond acceptors (Lipinski definition) is 4. The van der Waals surface area contributed by atoms with Crippen molar-refractivity contribution < 1.29 is 28.6 Å². The van der Waals surface area contributed by atoms with Crippen molar-refractivity contribution in [2.24, 2.45) is 5.92 Å². The van der Waals surface area contributed by atoms with Gasteiger partial charge in [-0.15, -0.1) is 11.3 Å². The number of nitrogens with zero attached hydrogens (tertiary/aromatic N) is 1. The topological polar surface area (TPSA) is 77.8 Å². The van der Waals surface area contributed by atoms with Gasteiger partial charge in [-0.3, -0.25) is 4.79 Å². The van der Waals surface area contributed by atoms with Crippen molar-refractivity contribution in [1.82, 2.24) is 4.90 Å². The molecule has 3 atom stereocenters. The summed E-state index contributed by atoms with van der Waals surface area (Å²) in [5.41, 5.74) is 1.32. The lowest BCUT2D eigenvalue weighted by Crippen LogP contribution is -2.36. The predicted molar refractivity (Wildman–Crippen MR) is 138 cm³/mol. The molecule has 3 rings (SSSR count). The lowest BCUT2D eigenvalue weighted by Gasteiger charge is -2.22. The highest BCUT2D eigenvalue weighted by Crippen LogP contribution is 2.34. The molecule has 0 radical (unpaired) electrons. The fourth-order valence-corrected chi connectivity index (χ4v) is 5.42. The second kappa shape index (κ2) is 13.1. The third-order valence-corrected chi connectivity index (χ3v) is 7.85. The van der Waals surface area contributed by atoms with E-state index in [0.717, 1.165) is 48.3 Å². The van der Waals surface area contributed by atoms with Crippen LogP contribution in [0.25, 0.3) is 0 Å². The number of carboxylic acid groups (broad SMARTS) is 1. The molecule has 1 aliphatic rings. The Morgan fingerprint density at radius 1 is 1.14 bits per heavy atom. The molecule has 2 heterocycles. The maximum absolute atomic E-state index is 14.2. The quantitative estimate of drug-likeness (QED) is 0.238. The minimum atomic E-state index is -3.41. The zero-order chi connectivity index (χ0) is 26.1. The van der Waals surface area contributed by atoms with Gasteiger partial charge < -0.3 is 15.1 Å². The van der Waals surface area contributed by atoms with E-state index in [2.05, 4.69) is 12.1 Å². The van der Waals surface area contributed by atoms with Gasteiger partial charge in [-0.05, 0) is 55.7 Å². The zero-order valence-electron chi connectivity index (χ0n) is 20.6. The lowest BCUT2D eigenvalue weighted by molar-refractivity contribution is -0.148. The van der Waals surface area contributed by atoms with E-state index in [1.165, 1.54) is 16.5 Å². The maximum Gasteiger partial charge on any atom is 0.345 e. The molecule has 1 aromatic carbocycles. The van der Waals surface area contributed by atoms with Crippen LogP contribution in [0.15, 0.2) is 54.6 Å². The molecule has 2 N–H and O–H groups in total. The number of aromatic carboxylic acids is 1. The molecule has 2 unspecified atom stereocenters. The zero-order valence-corrected chi connectivity index (χ0v) is 21.4. The van der Waals surface area contributed by atoms with Gasteiger partial charge in [-0.2, -0.15) is 8.78 Å². The molecule has 1 saturated heterocycles. The number of aryl methyl sites for hydroxylation is 2. The highest BCUT2D eigenvalue weighted by Gasteiger charge is 2.52. The fourth-order valence-electron chi connectivity index (χ4n) is 4.53. The van der Waals surface area contributed by atoms with Gasteiger partial charge >= 0.3 is 11.9 Å². The van der Waals surface area contributed by atoms with E-state index in [4.69, 9.17) is 5.11 Å². The summed E-state index contributed by atoms with van der Waals surface area (Å²) in [5.74, 6) is -5.60. The molecule has 2 aromatic rings. The summed E-state index contributed by atoms with van der Waals surface area (Å²) in [5, 5.41) is 19.6. The Morgan fingerprint density at radius 3 is 2.58 bits per heavy atom. The van der Waals surface area contributed by atoms with Crippen molar-refractivity contribution in [3.05, 3.63) is 69.9 Å². The molecular formula is C28H35F2NO4S. The summed E-state index contributed by atoms with van der Waals surface area (Å²) in [7, 11) is 0. The van der Waals surface area contributed by atoms with Crippen molar-refractivity contribution in [3.63, 3.8) is 0 Å². The van der Waals surface area contributed by atoms with Crippen LogP contribution in [-0.4, -0.2) is 51.6 Å². The summed E-state index contributed by atoms with van der Waals surface area (Å²) in [6.45, 7) is 2.10. The third-order valence-electron chi connectivity index (χ3n) is 6.72. The monoisotopic (exact) mass is 519 g/mol. The van der Waals surface area contributed by atoms with Crippen LogP contribution in [0.2, 0.25) is 0 Å². The normalized spacial score (nSPS) is 19.2. The minimum Gasteiger partial charge on any atom is -0.477 e. The average molecular weight is 520 g/mol.